The summed E-state index contributed by atoms with van der Waals surface area (Å²) >= 11 is 0. The second-order valence-corrected chi connectivity index (χ2v) is 5.81. The number of nitrogens with one attached hydrogen (secondary N) is 2. The zero-order valence-electron chi connectivity index (χ0n) is 11.5. The molecule has 0 aromatic rings. The van der Waals surface area contributed by atoms with Crippen molar-refractivity contribution in [1.82, 2.24) is 10.6 Å². The van der Waals surface area contributed by atoms with Crippen LogP contribution in [-0.2, 0) is 4.79 Å². The molecule has 1 aliphatic carbocycles. The Bertz CT molecular complexity index is 305. The molecule has 0 radical (unpaired) electrons. The first-order valence-electron chi connectivity index (χ1n) is 6.74. The van der Waals surface area contributed by atoms with Crippen LogP contribution in [0.1, 0.15) is 46.5 Å². The number of amides is 3. The van der Waals surface area contributed by atoms with E-state index in [0.717, 1.165) is 19.3 Å². The first-order valence-corrected chi connectivity index (χ1v) is 6.74. The van der Waals surface area contributed by atoms with Crippen LogP contribution >= 0.6 is 0 Å². The van der Waals surface area contributed by atoms with Crippen molar-refractivity contribution < 1.29 is 9.59 Å². The molecule has 4 N–H and O–H groups in total. The van der Waals surface area contributed by atoms with Crippen molar-refractivity contribution in [1.29, 1.82) is 0 Å². The monoisotopic (exact) mass is 255 g/mol. The summed E-state index contributed by atoms with van der Waals surface area (Å²) in [7, 11) is 0. The Morgan fingerprint density at radius 3 is 2.44 bits per heavy atom. The molecule has 104 valence electrons. The summed E-state index contributed by atoms with van der Waals surface area (Å²) in [6.07, 6.45) is 3.81. The van der Waals surface area contributed by atoms with Crippen LogP contribution in [0.15, 0.2) is 0 Å². The zero-order valence-corrected chi connectivity index (χ0v) is 11.5. The van der Waals surface area contributed by atoms with Crippen LogP contribution in [0, 0.1) is 11.8 Å². The second-order valence-electron chi connectivity index (χ2n) is 5.81. The number of carbonyl (C=O) groups excluding carboxylic acids is 2. The largest absolute Gasteiger partial charge is 0.352 e. The molecule has 0 aromatic carbocycles. The summed E-state index contributed by atoms with van der Waals surface area (Å²) in [5.74, 6) is 0.889. The minimum absolute atomic E-state index is 0.110. The zero-order chi connectivity index (χ0) is 13.7. The fourth-order valence-corrected chi connectivity index (χ4v) is 2.51. The Morgan fingerprint density at radius 1 is 1.33 bits per heavy atom. The minimum atomic E-state index is -0.643. The van der Waals surface area contributed by atoms with Gasteiger partial charge in [-0.05, 0) is 37.5 Å². The van der Waals surface area contributed by atoms with Gasteiger partial charge in [0.2, 0.25) is 5.91 Å². The van der Waals surface area contributed by atoms with E-state index in [1.807, 2.05) is 13.8 Å². The summed E-state index contributed by atoms with van der Waals surface area (Å²) in [6, 6.07) is -0.911. The number of hydrogen-bond acceptors (Lipinski definition) is 2. The Hall–Kier alpha value is -1.26. The molecule has 0 aliphatic heterocycles. The van der Waals surface area contributed by atoms with Crippen LogP contribution in [-0.4, -0.2) is 24.0 Å². The van der Waals surface area contributed by atoms with Gasteiger partial charge in [-0.25, -0.2) is 4.79 Å². The normalized spacial score (nSPS) is 24.9. The lowest BCUT2D eigenvalue weighted by molar-refractivity contribution is -0.124. The van der Waals surface area contributed by atoms with Crippen LogP contribution in [0.5, 0.6) is 0 Å². The highest BCUT2D eigenvalue weighted by atomic mass is 16.2. The van der Waals surface area contributed by atoms with Crippen molar-refractivity contribution in [2.45, 2.75) is 58.5 Å². The average molecular weight is 255 g/mol. The molecule has 0 aromatic heterocycles. The molecule has 0 heterocycles. The van der Waals surface area contributed by atoms with Crippen molar-refractivity contribution in [3.05, 3.63) is 0 Å². The van der Waals surface area contributed by atoms with Gasteiger partial charge >= 0.3 is 6.03 Å². The number of carbonyl (C=O) groups is 2. The van der Waals surface area contributed by atoms with E-state index in [9.17, 15) is 9.59 Å². The molecule has 1 fully saturated rings. The molecule has 0 spiro atoms. The van der Waals surface area contributed by atoms with Crippen LogP contribution in [0.3, 0.4) is 0 Å². The number of rotatable bonds is 5. The summed E-state index contributed by atoms with van der Waals surface area (Å²) in [4.78, 5) is 23.0. The molecule has 0 bridgehead atoms. The highest BCUT2D eigenvalue weighted by Crippen LogP contribution is 2.24. The Morgan fingerprint density at radius 2 is 2.00 bits per heavy atom. The predicted molar refractivity (Wildman–Crippen MR) is 70.9 cm³/mol. The van der Waals surface area contributed by atoms with Gasteiger partial charge in [0.05, 0.1) is 0 Å². The quantitative estimate of drug-likeness (QED) is 0.693. The van der Waals surface area contributed by atoms with Crippen LogP contribution < -0.4 is 16.4 Å². The van der Waals surface area contributed by atoms with E-state index in [0.29, 0.717) is 18.3 Å². The number of hydrogen-bond donors (Lipinski definition) is 3. The Labute approximate surface area is 109 Å². The van der Waals surface area contributed by atoms with Gasteiger partial charge < -0.3 is 16.4 Å². The molecular formula is C13H25N3O2. The topological polar surface area (TPSA) is 84.2 Å². The van der Waals surface area contributed by atoms with Crippen molar-refractivity contribution in [2.75, 3.05) is 0 Å². The van der Waals surface area contributed by atoms with Crippen molar-refractivity contribution in [2.24, 2.45) is 17.6 Å². The Balaban J connectivity index is 2.50. The van der Waals surface area contributed by atoms with Gasteiger partial charge in [-0.2, -0.15) is 0 Å². The summed E-state index contributed by atoms with van der Waals surface area (Å²) in [5.41, 5.74) is 5.11. The van der Waals surface area contributed by atoms with Gasteiger partial charge in [0.1, 0.15) is 6.04 Å². The SMILES string of the molecule is CC(C)CC(NC(N)=O)C(=O)NC1CCC(C)C1. The van der Waals surface area contributed by atoms with Gasteiger partial charge in [0.15, 0.2) is 0 Å². The van der Waals surface area contributed by atoms with Gasteiger partial charge in [-0.15, -0.1) is 0 Å². The van der Waals surface area contributed by atoms with Crippen LogP contribution in [0.4, 0.5) is 4.79 Å². The number of urea groups is 1. The standard InChI is InChI=1S/C13H25N3O2/c1-8(2)6-11(16-13(14)18)12(17)15-10-5-4-9(3)7-10/h8-11H,4-7H2,1-3H3,(H,15,17)(H3,14,16,18). The lowest BCUT2D eigenvalue weighted by Crippen LogP contribution is -2.51. The van der Waals surface area contributed by atoms with Crippen LogP contribution in [0.25, 0.3) is 0 Å². The van der Waals surface area contributed by atoms with E-state index in [1.165, 1.54) is 0 Å². The summed E-state index contributed by atoms with van der Waals surface area (Å²) in [5, 5.41) is 5.53. The third-order valence-corrected chi connectivity index (χ3v) is 3.38. The maximum Gasteiger partial charge on any atom is 0.312 e. The van der Waals surface area contributed by atoms with E-state index in [1.54, 1.807) is 0 Å². The number of primary amides is 1. The van der Waals surface area contributed by atoms with Gasteiger partial charge in [-0.1, -0.05) is 20.8 Å². The van der Waals surface area contributed by atoms with E-state index >= 15 is 0 Å². The molecule has 1 aliphatic rings. The van der Waals surface area contributed by atoms with Gasteiger partial charge in [0.25, 0.3) is 0 Å². The first kappa shape index (κ1) is 14.8. The molecule has 5 heteroatoms. The van der Waals surface area contributed by atoms with Crippen molar-refractivity contribution in [3.63, 3.8) is 0 Å². The Kier molecular flexibility index (Phi) is 5.44. The fraction of sp³-hybridized carbons (Fsp3) is 0.846. The third kappa shape index (κ3) is 4.94. The first-order chi connectivity index (χ1) is 8.38. The minimum Gasteiger partial charge on any atom is -0.352 e. The van der Waals surface area contributed by atoms with Gasteiger partial charge in [-0.3, -0.25) is 4.79 Å². The maximum absolute atomic E-state index is 12.1. The van der Waals surface area contributed by atoms with E-state index in [4.69, 9.17) is 5.73 Å². The summed E-state index contributed by atoms with van der Waals surface area (Å²) < 4.78 is 0. The third-order valence-electron chi connectivity index (χ3n) is 3.38. The number of nitrogens with two attached hydrogens (primary N) is 1. The van der Waals surface area contributed by atoms with Gasteiger partial charge in [0, 0.05) is 6.04 Å². The fourth-order valence-electron chi connectivity index (χ4n) is 2.51. The second kappa shape index (κ2) is 6.61. The maximum atomic E-state index is 12.1. The highest BCUT2D eigenvalue weighted by Gasteiger charge is 2.27. The molecule has 3 unspecified atom stereocenters. The average Bonchev–Trinajstić information content (AvgIpc) is 2.61. The van der Waals surface area contributed by atoms with Crippen molar-refractivity contribution >= 4 is 11.9 Å². The molecule has 3 atom stereocenters. The van der Waals surface area contributed by atoms with Crippen molar-refractivity contribution in [3.8, 4) is 0 Å². The smallest absolute Gasteiger partial charge is 0.312 e. The molecule has 5 nitrogen and oxygen atoms in total. The molecule has 0 saturated heterocycles. The van der Waals surface area contributed by atoms with Crippen LogP contribution in [0.2, 0.25) is 0 Å². The van der Waals surface area contributed by atoms with E-state index < -0.39 is 12.1 Å². The molecule has 18 heavy (non-hydrogen) atoms. The molecule has 1 saturated carbocycles. The molecule has 3 amide bonds. The summed E-state index contributed by atoms with van der Waals surface area (Å²) in [6.45, 7) is 6.22. The lowest BCUT2D eigenvalue weighted by Gasteiger charge is -2.21. The van der Waals surface area contributed by atoms with E-state index in [2.05, 4.69) is 17.6 Å². The predicted octanol–water partition coefficient (Wildman–Crippen LogP) is 1.37. The molecular weight excluding hydrogens is 230 g/mol. The van der Waals surface area contributed by atoms with E-state index in [-0.39, 0.29) is 11.9 Å². The lowest BCUT2D eigenvalue weighted by atomic mass is 10.0. The molecule has 1 rings (SSSR count). The highest BCUT2D eigenvalue weighted by molar-refractivity contribution is 5.86.